The Morgan fingerprint density at radius 3 is 2.42 bits per heavy atom. The molecule has 0 aliphatic carbocycles. The third-order valence-corrected chi connectivity index (χ3v) is 7.68. The predicted octanol–water partition coefficient (Wildman–Crippen LogP) is 3.12. The van der Waals surface area contributed by atoms with Crippen LogP contribution >= 0.6 is 11.5 Å². The van der Waals surface area contributed by atoms with Crippen LogP contribution in [0.25, 0.3) is 11.4 Å². The van der Waals surface area contributed by atoms with Crippen molar-refractivity contribution in [2.75, 3.05) is 18.4 Å². The highest BCUT2D eigenvalue weighted by Crippen LogP contribution is 2.26. The Morgan fingerprint density at radius 1 is 1.10 bits per heavy atom. The second-order valence-electron chi connectivity index (χ2n) is 7.09. The lowest BCUT2D eigenvalue weighted by Gasteiger charge is -2.30. The van der Waals surface area contributed by atoms with Gasteiger partial charge < -0.3 is 5.32 Å². The van der Waals surface area contributed by atoms with Gasteiger partial charge in [0.25, 0.3) is 0 Å². The molecule has 0 unspecified atom stereocenters. The summed E-state index contributed by atoms with van der Waals surface area (Å²) in [5, 5.41) is 12.1. The van der Waals surface area contributed by atoms with E-state index in [4.69, 9.17) is 5.26 Å². The van der Waals surface area contributed by atoms with Crippen molar-refractivity contribution in [2.24, 2.45) is 5.92 Å². The number of piperidine rings is 1. The smallest absolute Gasteiger partial charge is 0.243 e. The monoisotopic (exact) mass is 453 g/mol. The number of nitriles is 1. The van der Waals surface area contributed by atoms with Gasteiger partial charge in [0.2, 0.25) is 21.1 Å². The van der Waals surface area contributed by atoms with E-state index in [-0.39, 0.29) is 29.8 Å². The number of amides is 1. The zero-order chi connectivity index (χ0) is 21.8. The number of aromatic nitrogens is 2. The Bertz CT molecular complexity index is 1210. The van der Waals surface area contributed by atoms with Gasteiger partial charge in [-0.1, -0.05) is 30.3 Å². The van der Waals surface area contributed by atoms with Crippen molar-refractivity contribution in [2.45, 2.75) is 17.7 Å². The van der Waals surface area contributed by atoms with Crippen LogP contribution in [0.4, 0.5) is 5.13 Å². The van der Waals surface area contributed by atoms with E-state index in [0.717, 1.165) is 17.1 Å². The molecule has 8 nitrogen and oxygen atoms in total. The number of hydrogen-bond acceptors (Lipinski definition) is 7. The first-order valence-electron chi connectivity index (χ1n) is 9.67. The van der Waals surface area contributed by atoms with Gasteiger partial charge in [-0.2, -0.15) is 18.9 Å². The largest absolute Gasteiger partial charge is 0.300 e. The fourth-order valence-electron chi connectivity index (χ4n) is 3.40. The summed E-state index contributed by atoms with van der Waals surface area (Å²) in [5.41, 5.74) is 1.28. The second-order valence-corrected chi connectivity index (χ2v) is 9.78. The number of carbonyl (C=O) groups is 1. The molecule has 1 aliphatic rings. The molecule has 4 rings (SSSR count). The molecule has 0 radical (unpaired) electrons. The lowest BCUT2D eigenvalue weighted by atomic mass is 9.97. The van der Waals surface area contributed by atoms with Gasteiger partial charge >= 0.3 is 0 Å². The van der Waals surface area contributed by atoms with E-state index in [1.54, 1.807) is 0 Å². The Morgan fingerprint density at radius 2 is 1.77 bits per heavy atom. The molecule has 10 heteroatoms. The van der Waals surface area contributed by atoms with Gasteiger partial charge in [-0.25, -0.2) is 8.42 Å². The molecule has 1 saturated heterocycles. The fraction of sp³-hybridized carbons (Fsp3) is 0.238. The number of sulfonamides is 1. The Balaban J connectivity index is 1.36. The highest BCUT2D eigenvalue weighted by atomic mass is 32.2. The molecule has 1 aromatic heterocycles. The van der Waals surface area contributed by atoms with Crippen LogP contribution in [0.3, 0.4) is 0 Å². The molecule has 1 aliphatic heterocycles. The van der Waals surface area contributed by atoms with E-state index in [0.29, 0.717) is 29.4 Å². The lowest BCUT2D eigenvalue weighted by Crippen LogP contribution is -2.41. The van der Waals surface area contributed by atoms with Crippen LogP contribution < -0.4 is 5.32 Å². The van der Waals surface area contributed by atoms with Gasteiger partial charge in [0.15, 0.2) is 5.82 Å². The van der Waals surface area contributed by atoms with Crippen molar-refractivity contribution < 1.29 is 13.2 Å². The number of hydrogen-bond donors (Lipinski definition) is 1. The van der Waals surface area contributed by atoms with Crippen LogP contribution in [0.1, 0.15) is 18.4 Å². The summed E-state index contributed by atoms with van der Waals surface area (Å²) >= 11 is 1.12. The first kappa shape index (κ1) is 21.1. The van der Waals surface area contributed by atoms with E-state index in [2.05, 4.69) is 14.7 Å². The van der Waals surface area contributed by atoms with Crippen LogP contribution in [-0.2, 0) is 14.8 Å². The first-order chi connectivity index (χ1) is 15.0. The first-order valence-corrected chi connectivity index (χ1v) is 11.9. The van der Waals surface area contributed by atoms with Crippen LogP contribution in [0.5, 0.6) is 0 Å². The molecule has 31 heavy (non-hydrogen) atoms. The summed E-state index contributed by atoms with van der Waals surface area (Å²) < 4.78 is 31.3. The highest BCUT2D eigenvalue weighted by Gasteiger charge is 2.32. The molecular weight excluding hydrogens is 434 g/mol. The third kappa shape index (κ3) is 4.64. The maximum Gasteiger partial charge on any atom is 0.243 e. The Labute approximate surface area is 184 Å². The summed E-state index contributed by atoms with van der Waals surface area (Å²) in [6.07, 6.45) is 0.845. The Hall–Kier alpha value is -3.13. The van der Waals surface area contributed by atoms with E-state index in [1.807, 2.05) is 36.4 Å². The van der Waals surface area contributed by atoms with Crippen LogP contribution in [0.2, 0.25) is 0 Å². The summed E-state index contributed by atoms with van der Waals surface area (Å²) in [5.74, 6) is 0.0897. The number of rotatable bonds is 5. The highest BCUT2D eigenvalue weighted by molar-refractivity contribution is 7.89. The normalized spacial score (nSPS) is 15.3. The van der Waals surface area contributed by atoms with Gasteiger partial charge in [-0.05, 0) is 37.1 Å². The van der Waals surface area contributed by atoms with Gasteiger partial charge in [0.05, 0.1) is 16.5 Å². The van der Waals surface area contributed by atoms with Crippen molar-refractivity contribution in [1.29, 1.82) is 5.26 Å². The molecule has 1 N–H and O–H groups in total. The van der Waals surface area contributed by atoms with Gasteiger partial charge in [0, 0.05) is 36.1 Å². The molecule has 0 saturated carbocycles. The molecule has 2 heterocycles. The minimum atomic E-state index is -3.65. The van der Waals surface area contributed by atoms with E-state index >= 15 is 0 Å². The average Bonchev–Trinajstić information content (AvgIpc) is 3.28. The van der Waals surface area contributed by atoms with Crippen molar-refractivity contribution in [1.82, 2.24) is 13.7 Å². The SMILES string of the molecule is N#Cc1ccc(S(=O)(=O)N2CCC(C(=O)Nc3nc(-c4ccccc4)ns3)CC2)cc1. The lowest BCUT2D eigenvalue weighted by molar-refractivity contribution is -0.120. The predicted molar refractivity (Wildman–Crippen MR) is 117 cm³/mol. The summed E-state index contributed by atoms with van der Waals surface area (Å²) in [6.45, 7) is 0.512. The minimum absolute atomic E-state index is 0.150. The number of carbonyl (C=O) groups excluding carboxylic acids is 1. The molecule has 0 atom stereocenters. The summed E-state index contributed by atoms with van der Waals surface area (Å²) in [4.78, 5) is 17.2. The third-order valence-electron chi connectivity index (χ3n) is 5.13. The standard InChI is InChI=1S/C21H19N5O3S2/c22-14-15-6-8-18(9-7-15)31(28,29)26-12-10-17(11-13-26)20(27)24-21-23-19(25-30-21)16-4-2-1-3-5-16/h1-9,17H,10-13H2,(H,23,24,25,27). The molecule has 1 fully saturated rings. The molecule has 158 valence electrons. The van der Waals surface area contributed by atoms with E-state index in [9.17, 15) is 13.2 Å². The van der Waals surface area contributed by atoms with Crippen molar-refractivity contribution >= 4 is 32.6 Å². The molecule has 0 bridgehead atoms. The molecule has 2 aromatic carbocycles. The molecular formula is C21H19N5O3S2. The molecule has 0 spiro atoms. The van der Waals surface area contributed by atoms with Crippen molar-refractivity contribution in [3.05, 3.63) is 60.2 Å². The number of anilines is 1. The molecule has 1 amide bonds. The second kappa shape index (κ2) is 8.93. The van der Waals surface area contributed by atoms with Gasteiger partial charge in [0.1, 0.15) is 0 Å². The minimum Gasteiger partial charge on any atom is -0.300 e. The van der Waals surface area contributed by atoms with E-state index in [1.165, 1.54) is 28.6 Å². The fourth-order valence-corrected chi connectivity index (χ4v) is 5.46. The van der Waals surface area contributed by atoms with Gasteiger partial charge in [-0.15, -0.1) is 0 Å². The topological polar surface area (TPSA) is 116 Å². The maximum absolute atomic E-state index is 12.8. The average molecular weight is 454 g/mol. The molecule has 3 aromatic rings. The number of nitrogens with one attached hydrogen (secondary N) is 1. The van der Waals surface area contributed by atoms with Gasteiger partial charge in [-0.3, -0.25) is 4.79 Å². The maximum atomic E-state index is 12.8. The van der Waals surface area contributed by atoms with Crippen LogP contribution in [0, 0.1) is 17.2 Å². The number of nitrogens with zero attached hydrogens (tertiary/aromatic N) is 4. The van der Waals surface area contributed by atoms with E-state index < -0.39 is 10.0 Å². The quantitative estimate of drug-likeness (QED) is 0.634. The zero-order valence-electron chi connectivity index (χ0n) is 16.4. The van der Waals surface area contributed by atoms with Crippen LogP contribution in [0.15, 0.2) is 59.5 Å². The summed E-state index contributed by atoms with van der Waals surface area (Å²) in [7, 11) is -3.65. The number of benzene rings is 2. The van der Waals surface area contributed by atoms with Crippen molar-refractivity contribution in [3.63, 3.8) is 0 Å². The van der Waals surface area contributed by atoms with Crippen LogP contribution in [-0.4, -0.2) is 41.1 Å². The van der Waals surface area contributed by atoms with Crippen molar-refractivity contribution in [3.8, 4) is 17.5 Å². The Kier molecular flexibility index (Phi) is 6.08. The summed E-state index contributed by atoms with van der Waals surface area (Å²) in [6, 6.07) is 17.3. The zero-order valence-corrected chi connectivity index (χ0v) is 18.1.